The average Bonchev–Trinajstić information content (AvgIpc) is 3.02. The topological polar surface area (TPSA) is 92.1 Å². The van der Waals surface area contributed by atoms with Crippen LogP contribution in [0, 0.1) is 23.0 Å². The molecule has 1 aromatic heterocycles. The Balaban J connectivity index is 1.89. The van der Waals surface area contributed by atoms with E-state index >= 15 is 0 Å². The predicted molar refractivity (Wildman–Crippen MR) is 95.5 cm³/mol. The zero-order valence-electron chi connectivity index (χ0n) is 13.1. The first-order chi connectivity index (χ1) is 12.8. The Labute approximate surface area is 161 Å². The first kappa shape index (κ1) is 19.0. The van der Waals surface area contributed by atoms with Gasteiger partial charge in [0.05, 0.1) is 16.7 Å². The third kappa shape index (κ3) is 4.33. The highest BCUT2D eigenvalue weighted by Gasteiger charge is 2.19. The molecule has 3 aromatic rings. The van der Waals surface area contributed by atoms with Gasteiger partial charge in [0.1, 0.15) is 21.9 Å². The lowest BCUT2D eigenvalue weighted by Gasteiger charge is -2.10. The molecule has 0 saturated heterocycles. The Morgan fingerprint density at radius 2 is 1.96 bits per heavy atom. The normalized spacial score (nSPS) is 11.0. The minimum Gasteiger partial charge on any atom is -0.456 e. The number of hydrogen-bond donors (Lipinski definition) is 1. The molecule has 0 aliphatic rings. The zero-order valence-corrected chi connectivity index (χ0v) is 15.5. The summed E-state index contributed by atoms with van der Waals surface area (Å²) in [6, 6.07) is 8.20. The summed E-state index contributed by atoms with van der Waals surface area (Å²) in [5.74, 6) is -2.22. The number of ether oxygens (including phenoxy) is 1. The molecule has 6 nitrogen and oxygen atoms in total. The highest BCUT2D eigenvalue weighted by molar-refractivity contribution is 7.93. The van der Waals surface area contributed by atoms with Crippen molar-refractivity contribution in [1.82, 2.24) is 4.98 Å². The van der Waals surface area contributed by atoms with E-state index in [2.05, 4.69) is 9.71 Å². The first-order valence-electron chi connectivity index (χ1n) is 7.10. The van der Waals surface area contributed by atoms with E-state index in [0.717, 1.165) is 29.5 Å². The van der Waals surface area contributed by atoms with Gasteiger partial charge in [-0.25, -0.2) is 22.2 Å². The summed E-state index contributed by atoms with van der Waals surface area (Å²) in [5.41, 5.74) is -0.111. The minimum absolute atomic E-state index is 0.0141. The maximum atomic E-state index is 13.3. The van der Waals surface area contributed by atoms with Gasteiger partial charge in [0.2, 0.25) is 0 Å². The van der Waals surface area contributed by atoms with E-state index in [4.69, 9.17) is 16.3 Å². The van der Waals surface area contributed by atoms with E-state index in [0.29, 0.717) is 4.34 Å². The molecule has 0 saturated carbocycles. The van der Waals surface area contributed by atoms with Gasteiger partial charge in [0.15, 0.2) is 16.8 Å². The van der Waals surface area contributed by atoms with Gasteiger partial charge in [-0.2, -0.15) is 5.26 Å². The van der Waals surface area contributed by atoms with Crippen LogP contribution >= 0.6 is 22.9 Å². The lowest BCUT2D eigenvalue weighted by Crippen LogP contribution is -2.13. The van der Waals surface area contributed by atoms with Crippen LogP contribution in [0.25, 0.3) is 0 Å². The summed E-state index contributed by atoms with van der Waals surface area (Å²) in [7, 11) is -4.01. The van der Waals surface area contributed by atoms with E-state index < -0.39 is 21.7 Å². The molecule has 0 amide bonds. The minimum atomic E-state index is -4.01. The van der Waals surface area contributed by atoms with Crippen LogP contribution in [0.4, 0.5) is 13.9 Å². The van der Waals surface area contributed by atoms with Crippen molar-refractivity contribution >= 4 is 38.1 Å². The summed E-state index contributed by atoms with van der Waals surface area (Å²) in [5, 5.41) is 9.34. The van der Waals surface area contributed by atoms with Gasteiger partial charge < -0.3 is 4.74 Å². The fourth-order valence-electron chi connectivity index (χ4n) is 2.00. The number of hydrogen-bond acceptors (Lipinski definition) is 6. The molecule has 138 valence electrons. The number of nitriles is 1. The van der Waals surface area contributed by atoms with Gasteiger partial charge in [0, 0.05) is 6.07 Å². The summed E-state index contributed by atoms with van der Waals surface area (Å²) < 4.78 is 59.0. The van der Waals surface area contributed by atoms with Crippen molar-refractivity contribution in [2.75, 3.05) is 4.72 Å². The number of thiazole rings is 1. The molecule has 27 heavy (non-hydrogen) atoms. The number of nitrogens with zero attached hydrogens (tertiary/aromatic N) is 2. The molecule has 0 fully saturated rings. The van der Waals surface area contributed by atoms with Crippen LogP contribution in [0.2, 0.25) is 4.34 Å². The standard InChI is InChI=1S/C16H8ClF2N3O3S2/c17-15-8-21-16(26-15)22-27(23,24)11-2-4-14(9(5-11)7-20)25-10-1-3-12(18)13(19)6-10/h1-6,8H,(H,21,22). The number of sulfonamides is 1. The lowest BCUT2D eigenvalue weighted by molar-refractivity contribution is 0.460. The Hall–Kier alpha value is -2.74. The Kier molecular flexibility index (Phi) is 5.27. The van der Waals surface area contributed by atoms with E-state index in [1.54, 1.807) is 6.07 Å². The molecule has 0 unspecified atom stereocenters. The van der Waals surface area contributed by atoms with Crippen LogP contribution in [0.15, 0.2) is 47.5 Å². The molecular formula is C16H8ClF2N3O3S2. The molecule has 0 aliphatic heterocycles. The van der Waals surface area contributed by atoms with Gasteiger partial charge in [-0.05, 0) is 30.3 Å². The van der Waals surface area contributed by atoms with Gasteiger partial charge in [-0.15, -0.1) is 0 Å². The average molecular weight is 428 g/mol. The monoisotopic (exact) mass is 427 g/mol. The second-order valence-corrected chi connectivity index (χ2v) is 8.37. The molecule has 0 bridgehead atoms. The maximum absolute atomic E-state index is 13.3. The summed E-state index contributed by atoms with van der Waals surface area (Å²) in [4.78, 5) is 3.59. The zero-order chi connectivity index (χ0) is 19.6. The number of anilines is 1. The summed E-state index contributed by atoms with van der Waals surface area (Å²) in [6.45, 7) is 0. The third-order valence-electron chi connectivity index (χ3n) is 3.20. The SMILES string of the molecule is N#Cc1cc(S(=O)(=O)Nc2ncc(Cl)s2)ccc1Oc1ccc(F)c(F)c1. The molecule has 0 radical (unpaired) electrons. The molecule has 1 N–H and O–H groups in total. The van der Waals surface area contributed by atoms with E-state index in [9.17, 15) is 22.5 Å². The number of benzene rings is 2. The number of halogens is 3. The lowest BCUT2D eigenvalue weighted by atomic mass is 10.2. The van der Waals surface area contributed by atoms with E-state index in [1.807, 2.05) is 0 Å². The Bertz CT molecular complexity index is 1160. The molecule has 0 aliphatic carbocycles. The summed E-state index contributed by atoms with van der Waals surface area (Å²) >= 11 is 6.65. The molecule has 1 heterocycles. The largest absolute Gasteiger partial charge is 0.456 e. The Morgan fingerprint density at radius 1 is 1.19 bits per heavy atom. The van der Waals surface area contributed by atoms with Crippen molar-refractivity contribution in [2.45, 2.75) is 4.90 Å². The predicted octanol–water partition coefficient (Wildman–Crippen LogP) is 4.54. The van der Waals surface area contributed by atoms with Crippen molar-refractivity contribution < 1.29 is 21.9 Å². The van der Waals surface area contributed by atoms with Gasteiger partial charge >= 0.3 is 0 Å². The second-order valence-electron chi connectivity index (χ2n) is 5.02. The number of aromatic nitrogens is 1. The van der Waals surface area contributed by atoms with Crippen molar-refractivity contribution in [1.29, 1.82) is 5.26 Å². The quantitative estimate of drug-likeness (QED) is 0.645. The molecule has 0 spiro atoms. The van der Waals surface area contributed by atoms with Gasteiger partial charge in [0.25, 0.3) is 10.0 Å². The highest BCUT2D eigenvalue weighted by Crippen LogP contribution is 2.30. The van der Waals surface area contributed by atoms with E-state index in [1.165, 1.54) is 24.4 Å². The Morgan fingerprint density at radius 3 is 2.59 bits per heavy atom. The van der Waals surface area contributed by atoms with Crippen LogP contribution in [-0.4, -0.2) is 13.4 Å². The smallest absolute Gasteiger partial charge is 0.263 e. The molecule has 2 aromatic carbocycles. The number of rotatable bonds is 5. The molecule has 3 rings (SSSR count). The number of nitrogens with one attached hydrogen (secondary N) is 1. The van der Waals surface area contributed by atoms with Gasteiger partial charge in [-0.3, -0.25) is 4.72 Å². The fraction of sp³-hybridized carbons (Fsp3) is 0. The second kappa shape index (κ2) is 7.48. The van der Waals surface area contributed by atoms with E-state index in [-0.39, 0.29) is 27.1 Å². The summed E-state index contributed by atoms with van der Waals surface area (Å²) in [6.07, 6.45) is 1.30. The fourth-order valence-corrected chi connectivity index (χ4v) is 4.08. The highest BCUT2D eigenvalue weighted by atomic mass is 35.5. The van der Waals surface area contributed by atoms with Crippen molar-refractivity contribution in [3.05, 3.63) is 64.1 Å². The van der Waals surface area contributed by atoms with Crippen LogP contribution < -0.4 is 9.46 Å². The third-order valence-corrected chi connectivity index (χ3v) is 5.70. The molecular weight excluding hydrogens is 420 g/mol. The molecule has 11 heteroatoms. The maximum Gasteiger partial charge on any atom is 0.263 e. The van der Waals surface area contributed by atoms with Crippen molar-refractivity contribution in [3.8, 4) is 17.6 Å². The van der Waals surface area contributed by atoms with Crippen molar-refractivity contribution in [3.63, 3.8) is 0 Å². The van der Waals surface area contributed by atoms with Gasteiger partial charge in [-0.1, -0.05) is 22.9 Å². The van der Waals surface area contributed by atoms with Crippen LogP contribution in [0.3, 0.4) is 0 Å². The first-order valence-corrected chi connectivity index (χ1v) is 9.77. The molecule has 0 atom stereocenters. The van der Waals surface area contributed by atoms with Crippen LogP contribution in [-0.2, 0) is 10.0 Å². The van der Waals surface area contributed by atoms with Crippen LogP contribution in [0.1, 0.15) is 5.56 Å². The van der Waals surface area contributed by atoms with Crippen molar-refractivity contribution in [2.24, 2.45) is 0 Å². The van der Waals surface area contributed by atoms with Crippen LogP contribution in [0.5, 0.6) is 11.5 Å².